The highest BCUT2D eigenvalue weighted by Crippen LogP contribution is 2.43. The normalized spacial score (nSPS) is 13.1. The smallest absolute Gasteiger partial charge is 0.462 e. The van der Waals surface area contributed by atoms with Gasteiger partial charge in [0.1, 0.15) is 6.61 Å². The molecule has 2 unspecified atom stereocenters. The van der Waals surface area contributed by atoms with Gasteiger partial charge in [0.2, 0.25) is 0 Å². The highest BCUT2D eigenvalue weighted by Gasteiger charge is 2.26. The van der Waals surface area contributed by atoms with Crippen LogP contribution in [0.1, 0.15) is 425 Å². The first-order valence-corrected chi connectivity index (χ1v) is 41.6. The first-order valence-electron chi connectivity index (χ1n) is 40.1. The summed E-state index contributed by atoms with van der Waals surface area (Å²) in [5, 5.41) is 0. The quantitative estimate of drug-likeness (QED) is 0.0264. The third kappa shape index (κ3) is 76.9. The minimum atomic E-state index is -4.39. The second kappa shape index (κ2) is 77.0. The van der Waals surface area contributed by atoms with Crippen LogP contribution in [-0.2, 0) is 32.7 Å². The fourth-order valence-corrected chi connectivity index (χ4v) is 13.1. The Morgan fingerprint density at radius 2 is 0.604 bits per heavy atom. The predicted molar refractivity (Wildman–Crippen MR) is 395 cm³/mol. The van der Waals surface area contributed by atoms with E-state index >= 15 is 0 Å². The summed E-state index contributed by atoms with van der Waals surface area (Å²) in [5.74, 6) is -0.805. The molecule has 0 aliphatic rings. The average molecular weight is 1300 g/mol. The fourth-order valence-electron chi connectivity index (χ4n) is 12.3. The van der Waals surface area contributed by atoms with Crippen LogP contribution in [0.4, 0.5) is 0 Å². The molecule has 2 atom stereocenters. The number of hydrogen-bond acceptors (Lipinski definition) is 8. The van der Waals surface area contributed by atoms with Crippen molar-refractivity contribution in [2.75, 3.05) is 26.4 Å². The van der Waals surface area contributed by atoms with Gasteiger partial charge < -0.3 is 20.1 Å². The number of esters is 2. The van der Waals surface area contributed by atoms with Crippen LogP contribution >= 0.6 is 7.82 Å². The molecule has 3 N–H and O–H groups in total. The van der Waals surface area contributed by atoms with Crippen LogP contribution in [0.5, 0.6) is 0 Å². The van der Waals surface area contributed by atoms with Crippen molar-refractivity contribution in [1.82, 2.24) is 0 Å². The molecule has 0 aliphatic heterocycles. The molecule has 0 aromatic heterocycles. The maximum absolute atomic E-state index is 12.8. The van der Waals surface area contributed by atoms with Crippen molar-refractivity contribution in [3.63, 3.8) is 0 Å². The third-order valence-electron chi connectivity index (χ3n) is 18.2. The van der Waals surface area contributed by atoms with E-state index < -0.39 is 26.5 Å². The molecule has 0 fully saturated rings. The molecular weight excluding hydrogens is 1150 g/mol. The predicted octanol–water partition coefficient (Wildman–Crippen LogP) is 26.8. The third-order valence-corrected chi connectivity index (χ3v) is 19.2. The molecule has 0 aromatic rings. The topological polar surface area (TPSA) is 134 Å². The van der Waals surface area contributed by atoms with E-state index in [-0.39, 0.29) is 38.6 Å². The number of allylic oxidation sites excluding steroid dienone is 8. The SMILES string of the molecule is CC/C=C\C/C=C\C/C=C\C/C=C\CCCCCCCCCCCCCCCCCCC(=O)OC(COC(=O)CCCCCCCCCCCCCCCCCCCCCCCCCCCCCCCCCCCCCCCCCCC)COP(=O)(O)OCCN. The van der Waals surface area contributed by atoms with E-state index in [9.17, 15) is 19.0 Å². The summed E-state index contributed by atoms with van der Waals surface area (Å²) < 4.78 is 33.3. The molecule has 0 spiro atoms. The molecule has 0 rings (SSSR count). The molecule has 91 heavy (non-hydrogen) atoms. The Morgan fingerprint density at radius 1 is 0.341 bits per heavy atom. The number of carbonyl (C=O) groups is 2. The molecule has 536 valence electrons. The lowest BCUT2D eigenvalue weighted by Crippen LogP contribution is -2.29. The molecule has 0 aromatic carbocycles. The lowest BCUT2D eigenvalue weighted by Gasteiger charge is -2.19. The van der Waals surface area contributed by atoms with Crippen molar-refractivity contribution in [2.45, 2.75) is 431 Å². The average Bonchev–Trinajstić information content (AvgIpc) is 3.68. The van der Waals surface area contributed by atoms with Crippen molar-refractivity contribution in [2.24, 2.45) is 5.73 Å². The van der Waals surface area contributed by atoms with Gasteiger partial charge in [0.25, 0.3) is 0 Å². The van der Waals surface area contributed by atoms with Gasteiger partial charge in [-0.15, -0.1) is 0 Å². The first kappa shape index (κ1) is 89.0. The second-order valence-corrected chi connectivity index (χ2v) is 28.7. The van der Waals surface area contributed by atoms with E-state index in [1.807, 2.05) is 0 Å². The maximum Gasteiger partial charge on any atom is 0.472 e. The Balaban J connectivity index is 3.72. The number of carbonyl (C=O) groups excluding carboxylic acids is 2. The number of phosphoric acid groups is 1. The van der Waals surface area contributed by atoms with Gasteiger partial charge >= 0.3 is 19.8 Å². The lowest BCUT2D eigenvalue weighted by molar-refractivity contribution is -0.161. The summed E-state index contributed by atoms with van der Waals surface area (Å²) in [6, 6.07) is 0. The van der Waals surface area contributed by atoms with E-state index in [0.717, 1.165) is 64.2 Å². The Labute approximate surface area is 566 Å². The Kier molecular flexibility index (Phi) is 75.3. The van der Waals surface area contributed by atoms with E-state index in [2.05, 4.69) is 62.5 Å². The number of rotatable bonds is 77. The van der Waals surface area contributed by atoms with Gasteiger partial charge in [0, 0.05) is 19.4 Å². The summed E-state index contributed by atoms with van der Waals surface area (Å²) in [4.78, 5) is 35.4. The second-order valence-electron chi connectivity index (χ2n) is 27.3. The Hall–Kier alpha value is -2.03. The van der Waals surface area contributed by atoms with Crippen molar-refractivity contribution < 1.29 is 37.6 Å². The summed E-state index contributed by atoms with van der Waals surface area (Å²) in [6.07, 6.45) is 99.8. The number of hydrogen-bond donors (Lipinski definition) is 2. The van der Waals surface area contributed by atoms with Gasteiger partial charge in [-0.1, -0.05) is 409 Å². The van der Waals surface area contributed by atoms with Gasteiger partial charge in [-0.25, -0.2) is 4.57 Å². The Morgan fingerprint density at radius 3 is 0.901 bits per heavy atom. The Bertz CT molecular complexity index is 1630. The van der Waals surface area contributed by atoms with Crippen LogP contribution in [0.2, 0.25) is 0 Å². The van der Waals surface area contributed by atoms with E-state index in [4.69, 9.17) is 24.3 Å². The largest absolute Gasteiger partial charge is 0.472 e. The lowest BCUT2D eigenvalue weighted by atomic mass is 10.0. The molecule has 0 heterocycles. The number of phosphoric ester groups is 1. The van der Waals surface area contributed by atoms with E-state index in [0.29, 0.717) is 6.42 Å². The number of ether oxygens (including phenoxy) is 2. The van der Waals surface area contributed by atoms with Crippen molar-refractivity contribution in [1.29, 1.82) is 0 Å². The van der Waals surface area contributed by atoms with Crippen LogP contribution in [-0.4, -0.2) is 49.3 Å². The maximum atomic E-state index is 12.8. The van der Waals surface area contributed by atoms with Crippen LogP contribution in [0, 0.1) is 0 Å². The molecular formula is C81H154NO8P. The van der Waals surface area contributed by atoms with Gasteiger partial charge in [-0.3, -0.25) is 18.6 Å². The van der Waals surface area contributed by atoms with Gasteiger partial charge in [0.15, 0.2) is 6.10 Å². The minimum absolute atomic E-state index is 0.0552. The highest BCUT2D eigenvalue weighted by atomic mass is 31.2. The van der Waals surface area contributed by atoms with Crippen LogP contribution in [0.3, 0.4) is 0 Å². The van der Waals surface area contributed by atoms with Gasteiger partial charge in [-0.2, -0.15) is 0 Å². The molecule has 0 saturated carbocycles. The first-order chi connectivity index (χ1) is 44.8. The molecule has 0 amide bonds. The number of unbranched alkanes of at least 4 members (excludes halogenated alkanes) is 56. The standard InChI is InChI=1S/C81H154NO8P/c1-3-5-7-9-11-13-15-17-19-21-23-25-27-29-31-33-34-35-36-37-38-39-40-41-42-43-44-46-47-49-51-53-55-57-59-61-63-65-67-69-71-73-80(83)87-77-79(78-89-91(85,86)88-76-75-82)90-81(84)74-72-70-68-66-64-62-60-58-56-54-52-50-48-45-32-30-28-26-24-22-20-18-16-14-12-10-8-6-4-2/h6,8,12,14,18,20,24,26,79H,3-5,7,9-11,13,15-17,19,21-23,25,27-78,82H2,1-2H3,(H,85,86)/b8-6-,14-12-,20-18-,26-24-. The van der Waals surface area contributed by atoms with E-state index in [1.165, 1.54) is 327 Å². The van der Waals surface area contributed by atoms with Crippen molar-refractivity contribution in [3.8, 4) is 0 Å². The molecule has 10 heteroatoms. The van der Waals surface area contributed by atoms with Gasteiger partial charge in [-0.05, 0) is 51.4 Å². The number of nitrogens with two attached hydrogens (primary N) is 1. The minimum Gasteiger partial charge on any atom is -0.462 e. The molecule has 9 nitrogen and oxygen atoms in total. The van der Waals surface area contributed by atoms with Crippen molar-refractivity contribution >= 4 is 19.8 Å². The van der Waals surface area contributed by atoms with Crippen LogP contribution < -0.4 is 5.73 Å². The highest BCUT2D eigenvalue weighted by molar-refractivity contribution is 7.47. The molecule has 0 aliphatic carbocycles. The van der Waals surface area contributed by atoms with Crippen molar-refractivity contribution in [3.05, 3.63) is 48.6 Å². The fraction of sp³-hybridized carbons (Fsp3) is 0.877. The zero-order valence-electron chi connectivity index (χ0n) is 60.6. The molecule has 0 radical (unpaired) electrons. The van der Waals surface area contributed by atoms with E-state index in [1.54, 1.807) is 0 Å². The zero-order valence-corrected chi connectivity index (χ0v) is 61.5. The summed E-state index contributed by atoms with van der Waals surface area (Å²) in [5.41, 5.74) is 5.41. The summed E-state index contributed by atoms with van der Waals surface area (Å²) >= 11 is 0. The summed E-state index contributed by atoms with van der Waals surface area (Å²) in [7, 11) is -4.39. The molecule has 0 saturated heterocycles. The van der Waals surface area contributed by atoms with Gasteiger partial charge in [0.05, 0.1) is 13.2 Å². The van der Waals surface area contributed by atoms with Crippen LogP contribution in [0.15, 0.2) is 48.6 Å². The molecule has 0 bridgehead atoms. The summed E-state index contributed by atoms with van der Waals surface area (Å²) in [6.45, 7) is 3.71. The zero-order chi connectivity index (χ0) is 65.8. The monoisotopic (exact) mass is 1300 g/mol. The van der Waals surface area contributed by atoms with Crippen LogP contribution in [0.25, 0.3) is 0 Å².